The summed E-state index contributed by atoms with van der Waals surface area (Å²) in [5.41, 5.74) is 0.377. The van der Waals surface area contributed by atoms with Gasteiger partial charge in [-0.1, -0.05) is 0 Å². The van der Waals surface area contributed by atoms with Crippen molar-refractivity contribution in [2.45, 2.75) is 6.04 Å². The number of halogens is 1. The molecule has 0 saturated carbocycles. The van der Waals surface area contributed by atoms with E-state index in [-0.39, 0.29) is 0 Å². The van der Waals surface area contributed by atoms with Crippen molar-refractivity contribution in [1.82, 2.24) is 4.90 Å². The number of nitrogens with zero attached hydrogens (tertiary/aromatic N) is 1. The smallest absolute Gasteiger partial charge is 0.325 e. The van der Waals surface area contributed by atoms with E-state index in [4.69, 9.17) is 4.74 Å². The molecule has 1 heterocycles. The Hall–Kier alpha value is -1.27. The zero-order chi connectivity index (χ0) is 13.8. The molecule has 1 unspecified atom stereocenters. The molecule has 1 aromatic carbocycles. The third-order valence-electron chi connectivity index (χ3n) is 3.13. The van der Waals surface area contributed by atoms with Gasteiger partial charge in [-0.15, -0.1) is 0 Å². The van der Waals surface area contributed by atoms with Crippen LogP contribution in [0.1, 0.15) is 11.6 Å². The zero-order valence-corrected chi connectivity index (χ0v) is 11.5. The normalized spacial score (nSPS) is 18.0. The second-order valence-corrected chi connectivity index (χ2v) is 5.50. The van der Waals surface area contributed by atoms with Crippen LogP contribution >= 0.6 is 11.8 Å². The van der Waals surface area contributed by atoms with Gasteiger partial charge in [0, 0.05) is 30.2 Å². The predicted molar refractivity (Wildman–Crippen MR) is 72.2 cm³/mol. The minimum Gasteiger partial charge on any atom is -0.496 e. The minimum atomic E-state index is -0.976. The van der Waals surface area contributed by atoms with Gasteiger partial charge in [-0.05, 0) is 18.2 Å². The lowest BCUT2D eigenvalue weighted by atomic mass is 10.0. The molecule has 1 aliphatic heterocycles. The summed E-state index contributed by atoms with van der Waals surface area (Å²) in [5.74, 6) is 0.763. The highest BCUT2D eigenvalue weighted by Gasteiger charge is 2.31. The first kappa shape index (κ1) is 14.1. The van der Waals surface area contributed by atoms with Crippen molar-refractivity contribution in [3.63, 3.8) is 0 Å². The number of methoxy groups -OCH3 is 1. The quantitative estimate of drug-likeness (QED) is 0.917. The standard InChI is InChI=1S/C13H16FNO3S/c1-18-11-3-2-9(14)8-10(11)12(13(16)17)15-4-6-19-7-5-15/h2-3,8,12H,4-7H2,1H3,(H,16,17). The molecule has 1 N–H and O–H groups in total. The van der Waals surface area contributed by atoms with Gasteiger partial charge >= 0.3 is 5.97 Å². The van der Waals surface area contributed by atoms with Crippen LogP contribution in [0.5, 0.6) is 5.75 Å². The summed E-state index contributed by atoms with van der Waals surface area (Å²) in [5, 5.41) is 9.46. The van der Waals surface area contributed by atoms with Crippen LogP contribution in [0.3, 0.4) is 0 Å². The third kappa shape index (κ3) is 3.19. The Kier molecular flexibility index (Phi) is 4.66. The number of benzene rings is 1. The Morgan fingerprint density at radius 2 is 2.16 bits per heavy atom. The number of thioether (sulfide) groups is 1. The molecule has 1 aliphatic rings. The van der Waals surface area contributed by atoms with Crippen LogP contribution in [0.2, 0.25) is 0 Å². The maximum absolute atomic E-state index is 13.4. The van der Waals surface area contributed by atoms with E-state index < -0.39 is 17.8 Å². The highest BCUT2D eigenvalue weighted by Crippen LogP contribution is 2.31. The Morgan fingerprint density at radius 3 is 2.74 bits per heavy atom. The van der Waals surface area contributed by atoms with Crippen LogP contribution < -0.4 is 4.74 Å². The summed E-state index contributed by atoms with van der Waals surface area (Å²) >= 11 is 1.80. The molecule has 0 aliphatic carbocycles. The molecule has 104 valence electrons. The van der Waals surface area contributed by atoms with E-state index in [1.165, 1.54) is 25.3 Å². The summed E-state index contributed by atoms with van der Waals surface area (Å²) in [6.45, 7) is 1.36. The fourth-order valence-electron chi connectivity index (χ4n) is 2.24. The Balaban J connectivity index is 2.37. The molecule has 6 heteroatoms. The van der Waals surface area contributed by atoms with E-state index in [0.717, 1.165) is 11.5 Å². The summed E-state index contributed by atoms with van der Waals surface area (Å²) in [7, 11) is 1.46. The van der Waals surface area contributed by atoms with Gasteiger partial charge in [0.15, 0.2) is 0 Å². The molecule has 1 aromatic rings. The SMILES string of the molecule is COc1ccc(F)cc1C(C(=O)O)N1CCSCC1. The molecular weight excluding hydrogens is 269 g/mol. The first-order valence-electron chi connectivity index (χ1n) is 6.01. The molecular formula is C13H16FNO3S. The number of carbonyl (C=O) groups is 1. The van der Waals surface area contributed by atoms with Crippen molar-refractivity contribution >= 4 is 17.7 Å². The Bertz CT molecular complexity index is 463. The molecule has 0 amide bonds. The van der Waals surface area contributed by atoms with Crippen LogP contribution in [0.25, 0.3) is 0 Å². The van der Waals surface area contributed by atoms with Crippen LogP contribution in [0.15, 0.2) is 18.2 Å². The molecule has 4 nitrogen and oxygen atoms in total. The van der Waals surface area contributed by atoms with E-state index in [2.05, 4.69) is 0 Å². The van der Waals surface area contributed by atoms with E-state index in [1.807, 2.05) is 4.90 Å². The molecule has 1 atom stereocenters. The molecule has 1 saturated heterocycles. The molecule has 19 heavy (non-hydrogen) atoms. The Labute approximate surface area is 115 Å². The summed E-state index contributed by atoms with van der Waals surface area (Å²) < 4.78 is 18.6. The van der Waals surface area contributed by atoms with Gasteiger partial charge in [-0.2, -0.15) is 11.8 Å². The lowest BCUT2D eigenvalue weighted by Crippen LogP contribution is -2.40. The van der Waals surface area contributed by atoms with Crippen molar-refractivity contribution < 1.29 is 19.0 Å². The summed E-state index contributed by atoms with van der Waals surface area (Å²) in [6, 6.07) is 3.14. The first-order valence-corrected chi connectivity index (χ1v) is 7.17. The average Bonchev–Trinajstić information content (AvgIpc) is 2.40. The molecule has 1 fully saturated rings. The van der Waals surface area contributed by atoms with E-state index in [1.54, 1.807) is 11.8 Å². The number of carboxylic acids is 1. The topological polar surface area (TPSA) is 49.8 Å². The van der Waals surface area contributed by atoms with Gasteiger partial charge < -0.3 is 9.84 Å². The van der Waals surface area contributed by atoms with Crippen molar-refractivity contribution in [2.24, 2.45) is 0 Å². The van der Waals surface area contributed by atoms with E-state index >= 15 is 0 Å². The lowest BCUT2D eigenvalue weighted by Gasteiger charge is -2.32. The lowest BCUT2D eigenvalue weighted by molar-refractivity contribution is -0.143. The monoisotopic (exact) mass is 285 g/mol. The van der Waals surface area contributed by atoms with Crippen molar-refractivity contribution in [1.29, 1.82) is 0 Å². The van der Waals surface area contributed by atoms with Gasteiger partial charge in [-0.3, -0.25) is 9.69 Å². The number of hydrogen-bond donors (Lipinski definition) is 1. The second-order valence-electron chi connectivity index (χ2n) is 4.28. The molecule has 0 radical (unpaired) electrons. The summed E-state index contributed by atoms with van der Waals surface area (Å²) in [4.78, 5) is 13.4. The molecule has 0 bridgehead atoms. The van der Waals surface area contributed by atoms with Gasteiger partial charge in [0.1, 0.15) is 17.6 Å². The highest BCUT2D eigenvalue weighted by molar-refractivity contribution is 7.99. The minimum absolute atomic E-state index is 0.377. The first-order chi connectivity index (χ1) is 9.13. The third-order valence-corrected chi connectivity index (χ3v) is 4.07. The highest BCUT2D eigenvalue weighted by atomic mass is 32.2. The Morgan fingerprint density at radius 1 is 1.47 bits per heavy atom. The maximum Gasteiger partial charge on any atom is 0.325 e. The van der Waals surface area contributed by atoms with Crippen molar-refractivity contribution in [3.05, 3.63) is 29.6 Å². The number of carboxylic acid groups (broad SMARTS) is 1. The molecule has 0 spiro atoms. The van der Waals surface area contributed by atoms with Crippen LogP contribution in [-0.4, -0.2) is 47.7 Å². The molecule has 0 aromatic heterocycles. The van der Waals surface area contributed by atoms with E-state index in [0.29, 0.717) is 24.4 Å². The van der Waals surface area contributed by atoms with Crippen molar-refractivity contribution in [2.75, 3.05) is 31.7 Å². The predicted octanol–water partition coefficient (Wildman–Crippen LogP) is 2.01. The maximum atomic E-state index is 13.4. The largest absolute Gasteiger partial charge is 0.496 e. The van der Waals surface area contributed by atoms with Crippen LogP contribution in [0.4, 0.5) is 4.39 Å². The fraction of sp³-hybridized carbons (Fsp3) is 0.462. The number of ether oxygens (including phenoxy) is 1. The number of hydrogen-bond acceptors (Lipinski definition) is 4. The fourth-order valence-corrected chi connectivity index (χ4v) is 3.17. The average molecular weight is 285 g/mol. The van der Waals surface area contributed by atoms with Crippen molar-refractivity contribution in [3.8, 4) is 5.75 Å². The van der Waals surface area contributed by atoms with Crippen LogP contribution in [0, 0.1) is 5.82 Å². The van der Waals surface area contributed by atoms with Gasteiger partial charge in [0.05, 0.1) is 7.11 Å². The van der Waals surface area contributed by atoms with Gasteiger partial charge in [0.25, 0.3) is 0 Å². The summed E-state index contributed by atoms with van der Waals surface area (Å²) in [6.07, 6.45) is 0. The molecule has 2 rings (SSSR count). The van der Waals surface area contributed by atoms with Gasteiger partial charge in [0.2, 0.25) is 0 Å². The number of aliphatic carboxylic acids is 1. The van der Waals surface area contributed by atoms with E-state index in [9.17, 15) is 14.3 Å². The zero-order valence-electron chi connectivity index (χ0n) is 10.6. The van der Waals surface area contributed by atoms with Crippen LogP contribution in [-0.2, 0) is 4.79 Å². The number of rotatable bonds is 4. The second kappa shape index (κ2) is 6.25. The van der Waals surface area contributed by atoms with Gasteiger partial charge in [-0.25, -0.2) is 4.39 Å².